The molecule has 0 aromatic heterocycles. The van der Waals surface area contributed by atoms with Crippen LogP contribution < -0.4 is 9.46 Å². The predicted molar refractivity (Wildman–Crippen MR) is 88.2 cm³/mol. The summed E-state index contributed by atoms with van der Waals surface area (Å²) in [5, 5.41) is 10.9. The van der Waals surface area contributed by atoms with Crippen molar-refractivity contribution < 1.29 is 18.1 Å². The number of benzene rings is 2. The number of hydrogen-bond acceptors (Lipinski definition) is 5. The van der Waals surface area contributed by atoms with Crippen LogP contribution in [0.4, 0.5) is 11.4 Å². The van der Waals surface area contributed by atoms with Crippen molar-refractivity contribution in [2.75, 3.05) is 11.8 Å². The third kappa shape index (κ3) is 4.68. The zero-order valence-electron chi connectivity index (χ0n) is 13.0. The molecule has 1 N–H and O–H groups in total. The van der Waals surface area contributed by atoms with E-state index in [4.69, 9.17) is 4.74 Å². The quantitative estimate of drug-likeness (QED) is 0.665. The minimum Gasteiger partial charge on any atom is -0.490 e. The Labute approximate surface area is 135 Å². The Balaban J connectivity index is 0.00000127. The fraction of sp³-hybridized carbons (Fsp3) is 0.200. The Bertz CT molecular complexity index is 761. The normalized spacial score (nSPS) is 10.2. The second kappa shape index (κ2) is 8.14. The third-order valence-corrected chi connectivity index (χ3v) is 4.08. The Kier molecular flexibility index (Phi) is 6.52. The molecule has 0 aliphatic carbocycles. The van der Waals surface area contributed by atoms with Gasteiger partial charge in [0.25, 0.3) is 10.0 Å². The highest BCUT2D eigenvalue weighted by Crippen LogP contribution is 2.30. The average Bonchev–Trinajstić information content (AvgIpc) is 2.57. The van der Waals surface area contributed by atoms with Gasteiger partial charge in [-0.1, -0.05) is 32.0 Å². The number of sulfonamides is 1. The van der Waals surface area contributed by atoms with Crippen molar-refractivity contribution >= 4 is 21.4 Å². The summed E-state index contributed by atoms with van der Waals surface area (Å²) in [4.78, 5) is 10.3. The topological polar surface area (TPSA) is 98.5 Å². The number of nitrogens with zero attached hydrogens (tertiary/aromatic N) is 1. The first-order chi connectivity index (χ1) is 10.9. The summed E-state index contributed by atoms with van der Waals surface area (Å²) in [7, 11) is -2.49. The second-order valence-corrected chi connectivity index (χ2v) is 5.74. The highest BCUT2D eigenvalue weighted by Gasteiger charge is 2.19. The maximum atomic E-state index is 12.1. The minimum absolute atomic E-state index is 0.0580. The molecule has 7 nitrogen and oxygen atoms in total. The molecule has 23 heavy (non-hydrogen) atoms. The molecular weight excluding hydrogens is 320 g/mol. The van der Waals surface area contributed by atoms with Crippen molar-refractivity contribution in [3.05, 3.63) is 58.6 Å². The SMILES string of the molecule is CC.COc1ccc(NS(=O)(=O)c2ccccc2)cc1[N+](=O)[O-]. The Morgan fingerprint density at radius 3 is 2.22 bits per heavy atom. The van der Waals surface area contributed by atoms with Crippen LogP contribution in [0.1, 0.15) is 13.8 Å². The van der Waals surface area contributed by atoms with Gasteiger partial charge in [0.15, 0.2) is 5.75 Å². The molecule has 0 saturated heterocycles. The first-order valence-corrected chi connectivity index (χ1v) is 8.32. The molecule has 8 heteroatoms. The first kappa shape index (κ1) is 18.4. The monoisotopic (exact) mass is 338 g/mol. The van der Waals surface area contributed by atoms with E-state index in [1.165, 1.54) is 31.4 Å². The van der Waals surface area contributed by atoms with Gasteiger partial charge in [0.1, 0.15) is 0 Å². The molecule has 0 aliphatic heterocycles. The lowest BCUT2D eigenvalue weighted by Gasteiger charge is -2.09. The molecule has 0 fully saturated rings. The van der Waals surface area contributed by atoms with Gasteiger partial charge in [0.05, 0.1) is 22.6 Å². The van der Waals surface area contributed by atoms with Crippen LogP contribution in [0, 0.1) is 10.1 Å². The van der Waals surface area contributed by atoms with E-state index in [0.717, 1.165) is 6.07 Å². The third-order valence-electron chi connectivity index (χ3n) is 2.68. The zero-order chi connectivity index (χ0) is 17.5. The molecule has 0 spiro atoms. The Morgan fingerprint density at radius 1 is 1.09 bits per heavy atom. The molecule has 0 bridgehead atoms. The summed E-state index contributed by atoms with van der Waals surface area (Å²) in [5.41, 5.74) is -0.225. The van der Waals surface area contributed by atoms with Crippen LogP contribution in [0.15, 0.2) is 53.4 Å². The molecule has 0 aliphatic rings. The highest BCUT2D eigenvalue weighted by molar-refractivity contribution is 7.92. The Morgan fingerprint density at radius 2 is 1.70 bits per heavy atom. The smallest absolute Gasteiger partial charge is 0.312 e. The van der Waals surface area contributed by atoms with E-state index < -0.39 is 14.9 Å². The number of nitro benzene ring substituents is 1. The van der Waals surface area contributed by atoms with E-state index >= 15 is 0 Å². The molecule has 0 heterocycles. The fourth-order valence-electron chi connectivity index (χ4n) is 1.71. The van der Waals surface area contributed by atoms with E-state index in [0.29, 0.717) is 0 Å². The summed E-state index contributed by atoms with van der Waals surface area (Å²) < 4.78 is 31.4. The number of methoxy groups -OCH3 is 1. The average molecular weight is 338 g/mol. The van der Waals surface area contributed by atoms with Gasteiger partial charge in [-0.3, -0.25) is 14.8 Å². The van der Waals surface area contributed by atoms with E-state index in [1.807, 2.05) is 13.8 Å². The predicted octanol–water partition coefficient (Wildman–Crippen LogP) is 3.43. The van der Waals surface area contributed by atoms with Gasteiger partial charge in [-0.25, -0.2) is 8.42 Å². The summed E-state index contributed by atoms with van der Waals surface area (Å²) in [6, 6.07) is 11.6. The molecule has 0 saturated carbocycles. The van der Waals surface area contributed by atoms with E-state index in [2.05, 4.69) is 4.72 Å². The molecule has 2 aromatic carbocycles. The van der Waals surface area contributed by atoms with Crippen LogP contribution in [0.2, 0.25) is 0 Å². The zero-order valence-corrected chi connectivity index (χ0v) is 13.8. The van der Waals surface area contributed by atoms with Crippen molar-refractivity contribution in [2.24, 2.45) is 0 Å². The molecular formula is C15H18N2O5S. The van der Waals surface area contributed by atoms with Crippen molar-refractivity contribution in [2.45, 2.75) is 18.7 Å². The number of nitro groups is 1. The maximum absolute atomic E-state index is 12.1. The van der Waals surface area contributed by atoms with Gasteiger partial charge in [0.2, 0.25) is 0 Å². The summed E-state index contributed by atoms with van der Waals surface area (Å²) in [5.74, 6) is 0.0580. The molecule has 2 aromatic rings. The standard InChI is InChI=1S/C13H12N2O5S.C2H6/c1-20-13-8-7-10(9-12(13)15(16)17)14-21(18,19)11-5-3-2-4-6-11;1-2/h2-9,14H,1H3;1-2H3. The van der Waals surface area contributed by atoms with Crippen molar-refractivity contribution in [3.8, 4) is 5.75 Å². The Hall–Kier alpha value is -2.61. The van der Waals surface area contributed by atoms with Gasteiger partial charge < -0.3 is 4.74 Å². The number of hydrogen-bond donors (Lipinski definition) is 1. The summed E-state index contributed by atoms with van der Waals surface area (Å²) >= 11 is 0. The van der Waals surface area contributed by atoms with Gasteiger partial charge in [0, 0.05) is 6.07 Å². The van der Waals surface area contributed by atoms with Crippen molar-refractivity contribution in [1.29, 1.82) is 0 Å². The van der Waals surface area contributed by atoms with Gasteiger partial charge in [-0.15, -0.1) is 0 Å². The number of rotatable bonds is 5. The number of anilines is 1. The number of ether oxygens (including phenoxy) is 1. The second-order valence-electron chi connectivity index (χ2n) is 4.06. The first-order valence-electron chi connectivity index (χ1n) is 6.84. The van der Waals surface area contributed by atoms with Crippen LogP contribution in [0.3, 0.4) is 0 Å². The van der Waals surface area contributed by atoms with Crippen LogP contribution in [-0.4, -0.2) is 20.5 Å². The van der Waals surface area contributed by atoms with Gasteiger partial charge in [-0.05, 0) is 24.3 Å². The maximum Gasteiger partial charge on any atom is 0.312 e. The van der Waals surface area contributed by atoms with Crippen LogP contribution >= 0.6 is 0 Å². The van der Waals surface area contributed by atoms with E-state index in [-0.39, 0.29) is 22.0 Å². The molecule has 0 unspecified atom stereocenters. The van der Waals surface area contributed by atoms with E-state index in [1.54, 1.807) is 18.2 Å². The van der Waals surface area contributed by atoms with Crippen LogP contribution in [0.5, 0.6) is 5.75 Å². The van der Waals surface area contributed by atoms with Gasteiger partial charge in [-0.2, -0.15) is 0 Å². The number of nitrogens with one attached hydrogen (secondary N) is 1. The lowest BCUT2D eigenvalue weighted by molar-refractivity contribution is -0.385. The summed E-state index contributed by atoms with van der Waals surface area (Å²) in [6.45, 7) is 4.00. The van der Waals surface area contributed by atoms with E-state index in [9.17, 15) is 18.5 Å². The van der Waals surface area contributed by atoms with Crippen molar-refractivity contribution in [1.82, 2.24) is 0 Å². The largest absolute Gasteiger partial charge is 0.490 e. The van der Waals surface area contributed by atoms with Crippen LogP contribution in [0.25, 0.3) is 0 Å². The highest BCUT2D eigenvalue weighted by atomic mass is 32.2. The van der Waals surface area contributed by atoms with Crippen LogP contribution in [-0.2, 0) is 10.0 Å². The lowest BCUT2D eigenvalue weighted by atomic mass is 10.2. The molecule has 0 radical (unpaired) electrons. The molecule has 0 amide bonds. The van der Waals surface area contributed by atoms with Crippen molar-refractivity contribution in [3.63, 3.8) is 0 Å². The van der Waals surface area contributed by atoms with Gasteiger partial charge >= 0.3 is 5.69 Å². The minimum atomic E-state index is -3.79. The molecule has 0 atom stereocenters. The fourth-order valence-corrected chi connectivity index (χ4v) is 2.78. The summed E-state index contributed by atoms with van der Waals surface area (Å²) in [6.07, 6.45) is 0. The molecule has 2 rings (SSSR count). The lowest BCUT2D eigenvalue weighted by Crippen LogP contribution is -2.13. The molecule has 124 valence electrons.